The molecule has 0 aliphatic heterocycles. The van der Waals surface area contributed by atoms with Crippen LogP contribution in [0.3, 0.4) is 0 Å². The molecule has 0 radical (unpaired) electrons. The van der Waals surface area contributed by atoms with E-state index in [1.54, 1.807) is 24.3 Å². The molecule has 0 saturated heterocycles. The van der Waals surface area contributed by atoms with E-state index in [2.05, 4.69) is 21.2 Å². The first-order valence-electron chi connectivity index (χ1n) is 5.68. The number of carbonyl (C=O) groups is 2. The Morgan fingerprint density at radius 2 is 2.11 bits per heavy atom. The van der Waals surface area contributed by atoms with E-state index in [9.17, 15) is 9.59 Å². The van der Waals surface area contributed by atoms with Gasteiger partial charge in [-0.15, -0.1) is 11.3 Å². The van der Waals surface area contributed by atoms with Gasteiger partial charge in [0.15, 0.2) is 5.78 Å². The first-order chi connectivity index (χ1) is 9.04. The first kappa shape index (κ1) is 14.0. The average molecular weight is 338 g/mol. The highest BCUT2D eigenvalue weighted by molar-refractivity contribution is 9.10. The van der Waals surface area contributed by atoms with Crippen LogP contribution in [0, 0.1) is 0 Å². The molecular weight excluding hydrogens is 326 g/mol. The number of ketones is 1. The molecule has 0 atom stereocenters. The fourth-order valence-corrected chi connectivity index (χ4v) is 3.08. The molecule has 1 aromatic heterocycles. The lowest BCUT2D eigenvalue weighted by atomic mass is 10.1. The van der Waals surface area contributed by atoms with Crippen molar-refractivity contribution in [1.82, 2.24) is 0 Å². The van der Waals surface area contributed by atoms with Crippen LogP contribution in [0.1, 0.15) is 22.2 Å². The van der Waals surface area contributed by atoms with Gasteiger partial charge in [0.05, 0.1) is 6.42 Å². The zero-order valence-electron chi connectivity index (χ0n) is 10.3. The van der Waals surface area contributed by atoms with Crippen molar-refractivity contribution in [2.75, 3.05) is 5.32 Å². The number of halogens is 1. The summed E-state index contributed by atoms with van der Waals surface area (Å²) in [5.41, 5.74) is 1.24. The number of anilines is 1. The third kappa shape index (κ3) is 4.01. The molecule has 0 aliphatic carbocycles. The highest BCUT2D eigenvalue weighted by Crippen LogP contribution is 2.20. The SMILES string of the molecule is CC(=O)c1cccc(NC(=O)Cc2cc(Br)cs2)c1. The number of carbonyl (C=O) groups excluding carboxylic acids is 2. The second-order valence-corrected chi connectivity index (χ2v) is 6.00. The summed E-state index contributed by atoms with van der Waals surface area (Å²) >= 11 is 4.89. The van der Waals surface area contributed by atoms with E-state index < -0.39 is 0 Å². The lowest BCUT2D eigenvalue weighted by Crippen LogP contribution is -2.14. The van der Waals surface area contributed by atoms with E-state index in [0.29, 0.717) is 17.7 Å². The Hall–Kier alpha value is -1.46. The van der Waals surface area contributed by atoms with Crippen molar-refractivity contribution in [3.63, 3.8) is 0 Å². The van der Waals surface area contributed by atoms with Crippen molar-refractivity contribution in [3.8, 4) is 0 Å². The molecule has 0 spiro atoms. The summed E-state index contributed by atoms with van der Waals surface area (Å²) in [7, 11) is 0. The second kappa shape index (κ2) is 6.12. The number of Topliss-reactive ketones (excluding diaryl/α,β-unsaturated/α-hetero) is 1. The largest absolute Gasteiger partial charge is 0.326 e. The molecule has 0 saturated carbocycles. The Kier molecular flexibility index (Phi) is 4.50. The van der Waals surface area contributed by atoms with Gasteiger partial charge in [0.1, 0.15) is 0 Å². The predicted molar refractivity (Wildman–Crippen MR) is 80.8 cm³/mol. The summed E-state index contributed by atoms with van der Waals surface area (Å²) in [6.07, 6.45) is 0.334. The van der Waals surface area contributed by atoms with Crippen molar-refractivity contribution >= 4 is 44.6 Å². The van der Waals surface area contributed by atoms with E-state index in [0.717, 1.165) is 9.35 Å². The maximum absolute atomic E-state index is 11.9. The topological polar surface area (TPSA) is 46.2 Å². The van der Waals surface area contributed by atoms with Gasteiger partial charge in [-0.3, -0.25) is 9.59 Å². The third-order valence-corrected chi connectivity index (χ3v) is 4.21. The molecule has 19 heavy (non-hydrogen) atoms. The van der Waals surface area contributed by atoms with Crippen molar-refractivity contribution in [1.29, 1.82) is 0 Å². The maximum atomic E-state index is 11.9. The Morgan fingerprint density at radius 3 is 2.74 bits per heavy atom. The number of hydrogen-bond donors (Lipinski definition) is 1. The molecule has 3 nitrogen and oxygen atoms in total. The number of rotatable bonds is 4. The molecule has 1 aromatic carbocycles. The van der Waals surface area contributed by atoms with Crippen molar-refractivity contribution in [2.24, 2.45) is 0 Å². The Bertz CT molecular complexity index is 621. The molecule has 2 aromatic rings. The van der Waals surface area contributed by atoms with E-state index in [1.165, 1.54) is 18.3 Å². The lowest BCUT2D eigenvalue weighted by molar-refractivity contribution is -0.115. The number of amides is 1. The normalized spacial score (nSPS) is 10.2. The molecule has 2 rings (SSSR count). The Morgan fingerprint density at radius 1 is 1.32 bits per heavy atom. The van der Waals surface area contributed by atoms with Crippen LogP contribution in [0.2, 0.25) is 0 Å². The maximum Gasteiger partial charge on any atom is 0.229 e. The molecule has 1 amide bonds. The van der Waals surface area contributed by atoms with Crippen molar-refractivity contribution < 1.29 is 9.59 Å². The van der Waals surface area contributed by atoms with Crippen molar-refractivity contribution in [2.45, 2.75) is 13.3 Å². The summed E-state index contributed by atoms with van der Waals surface area (Å²) in [4.78, 5) is 24.1. The number of nitrogens with one attached hydrogen (secondary N) is 1. The van der Waals surface area contributed by atoms with Gasteiger partial charge in [0.2, 0.25) is 5.91 Å². The monoisotopic (exact) mass is 337 g/mol. The minimum atomic E-state index is -0.0879. The highest BCUT2D eigenvalue weighted by Gasteiger charge is 2.07. The summed E-state index contributed by atoms with van der Waals surface area (Å²) in [6.45, 7) is 1.50. The van der Waals surface area contributed by atoms with E-state index in [1.807, 2.05) is 11.4 Å². The molecule has 0 fully saturated rings. The molecule has 98 valence electrons. The van der Waals surface area contributed by atoms with Gasteiger partial charge >= 0.3 is 0 Å². The third-order valence-electron chi connectivity index (χ3n) is 2.51. The highest BCUT2D eigenvalue weighted by atomic mass is 79.9. The molecule has 1 N–H and O–H groups in total. The van der Waals surface area contributed by atoms with Crippen LogP contribution < -0.4 is 5.32 Å². The molecule has 0 unspecified atom stereocenters. The minimum absolute atomic E-state index is 0.0155. The summed E-state index contributed by atoms with van der Waals surface area (Å²) in [5, 5.41) is 4.74. The minimum Gasteiger partial charge on any atom is -0.326 e. The fourth-order valence-electron chi connectivity index (χ4n) is 1.63. The number of hydrogen-bond acceptors (Lipinski definition) is 3. The standard InChI is InChI=1S/C14H12BrNO2S/c1-9(17)10-3-2-4-12(5-10)16-14(18)7-13-6-11(15)8-19-13/h2-6,8H,7H2,1H3,(H,16,18). The summed E-state index contributed by atoms with van der Waals surface area (Å²) in [6, 6.07) is 8.87. The van der Waals surface area contributed by atoms with E-state index in [-0.39, 0.29) is 11.7 Å². The molecule has 1 heterocycles. The fraction of sp³-hybridized carbons (Fsp3) is 0.143. The quantitative estimate of drug-likeness (QED) is 0.860. The van der Waals surface area contributed by atoms with E-state index in [4.69, 9.17) is 0 Å². The van der Waals surface area contributed by atoms with Crippen LogP contribution in [0.4, 0.5) is 5.69 Å². The van der Waals surface area contributed by atoms with Crippen LogP contribution in [-0.4, -0.2) is 11.7 Å². The Labute approximate surface area is 123 Å². The van der Waals surface area contributed by atoms with Gasteiger partial charge < -0.3 is 5.32 Å². The molecular formula is C14H12BrNO2S. The van der Waals surface area contributed by atoms with Crippen LogP contribution >= 0.6 is 27.3 Å². The zero-order valence-corrected chi connectivity index (χ0v) is 12.7. The second-order valence-electron chi connectivity index (χ2n) is 4.09. The van der Waals surface area contributed by atoms with Crippen LogP contribution in [0.15, 0.2) is 40.2 Å². The van der Waals surface area contributed by atoms with Gasteiger partial charge in [-0.25, -0.2) is 0 Å². The van der Waals surface area contributed by atoms with Gasteiger partial charge in [0.25, 0.3) is 0 Å². The Balaban J connectivity index is 2.02. The van der Waals surface area contributed by atoms with Crippen molar-refractivity contribution in [3.05, 3.63) is 50.6 Å². The van der Waals surface area contributed by atoms with Crippen LogP contribution in [-0.2, 0) is 11.2 Å². The van der Waals surface area contributed by atoms with Crippen LogP contribution in [0.25, 0.3) is 0 Å². The average Bonchev–Trinajstić information content (AvgIpc) is 2.74. The molecule has 5 heteroatoms. The lowest BCUT2D eigenvalue weighted by Gasteiger charge is -2.05. The zero-order chi connectivity index (χ0) is 13.8. The summed E-state index contributed by atoms with van der Waals surface area (Å²) < 4.78 is 0.985. The number of thiophene rings is 1. The summed E-state index contributed by atoms with van der Waals surface area (Å²) in [5.74, 6) is -0.103. The molecule has 0 aliphatic rings. The van der Waals surface area contributed by atoms with Gasteiger partial charge in [-0.1, -0.05) is 12.1 Å². The smallest absolute Gasteiger partial charge is 0.229 e. The van der Waals surface area contributed by atoms with Gasteiger partial charge in [-0.05, 0) is 41.1 Å². The predicted octanol–water partition coefficient (Wildman–Crippen LogP) is 3.89. The van der Waals surface area contributed by atoms with Gasteiger partial charge in [-0.2, -0.15) is 0 Å². The number of benzene rings is 1. The molecule has 0 bridgehead atoms. The van der Waals surface area contributed by atoms with Gasteiger partial charge in [0, 0.05) is 26.0 Å². The first-order valence-corrected chi connectivity index (χ1v) is 7.35. The van der Waals surface area contributed by atoms with E-state index >= 15 is 0 Å². The van der Waals surface area contributed by atoms with Crippen LogP contribution in [0.5, 0.6) is 0 Å².